The molecule has 0 N–H and O–H groups in total. The molecule has 0 unspecified atom stereocenters. The molecule has 0 saturated heterocycles. The zero-order chi connectivity index (χ0) is 20.6. The Bertz CT molecular complexity index is 796. The van der Waals surface area contributed by atoms with Gasteiger partial charge >= 0.3 is 0 Å². The van der Waals surface area contributed by atoms with E-state index in [1.54, 1.807) is 0 Å². The summed E-state index contributed by atoms with van der Waals surface area (Å²) in [7, 11) is 0. The van der Waals surface area contributed by atoms with Crippen molar-refractivity contribution >= 4 is 0 Å². The fraction of sp³-hybridized carbons (Fsp3) is 0.379. The van der Waals surface area contributed by atoms with Crippen LogP contribution in [0.2, 0.25) is 0 Å². The van der Waals surface area contributed by atoms with Crippen molar-refractivity contribution in [3.05, 3.63) is 106 Å². The minimum absolute atomic E-state index is 0. The zero-order valence-electron chi connectivity index (χ0n) is 18.5. The summed E-state index contributed by atoms with van der Waals surface area (Å²) in [5, 5.41) is 0. The van der Waals surface area contributed by atoms with E-state index in [2.05, 4.69) is 114 Å². The molecule has 0 aromatic heterocycles. The molecule has 3 aromatic rings. The standard InChI is InChI=1S/C11H14.C9H12.C8H10.CH4/c1-9-3-5-10(6-4-9)11(2)7-8-11;1-3-9-6-4-8(2)5-7-9;1-7-3-5-8(2)6-4-7;/h3-6H,7-8H2,1-2H3;4-7H,3H2,1-2H3;3-6H,1-2H3;1H4. The van der Waals surface area contributed by atoms with Crippen LogP contribution in [0.4, 0.5) is 0 Å². The molecule has 29 heavy (non-hydrogen) atoms. The van der Waals surface area contributed by atoms with Crippen LogP contribution in [-0.4, -0.2) is 0 Å². The lowest BCUT2D eigenvalue weighted by molar-refractivity contribution is 0.787. The lowest BCUT2D eigenvalue weighted by Gasteiger charge is -2.07. The second kappa shape index (κ2) is 11.6. The van der Waals surface area contributed by atoms with Crippen molar-refractivity contribution in [1.82, 2.24) is 0 Å². The van der Waals surface area contributed by atoms with E-state index in [0.717, 1.165) is 6.42 Å². The summed E-state index contributed by atoms with van der Waals surface area (Å²) in [6, 6.07) is 26.1. The van der Waals surface area contributed by atoms with E-state index >= 15 is 0 Å². The van der Waals surface area contributed by atoms with Crippen molar-refractivity contribution in [3.63, 3.8) is 0 Å². The van der Waals surface area contributed by atoms with E-state index < -0.39 is 0 Å². The number of rotatable bonds is 2. The van der Waals surface area contributed by atoms with E-state index in [1.165, 1.54) is 46.2 Å². The molecular formula is C29H40. The Balaban J connectivity index is 0.000000217. The summed E-state index contributed by atoms with van der Waals surface area (Å²) < 4.78 is 0. The first-order valence-electron chi connectivity index (χ1n) is 10.5. The third-order valence-corrected chi connectivity index (χ3v) is 5.50. The lowest BCUT2D eigenvalue weighted by Crippen LogP contribution is -1.98. The van der Waals surface area contributed by atoms with Gasteiger partial charge in [0.25, 0.3) is 0 Å². The largest absolute Gasteiger partial charge is 0.0776 e. The molecule has 0 nitrogen and oxygen atoms in total. The van der Waals surface area contributed by atoms with Gasteiger partial charge in [-0.05, 0) is 63.5 Å². The van der Waals surface area contributed by atoms with E-state index in [0.29, 0.717) is 5.41 Å². The maximum absolute atomic E-state index is 2.34. The molecule has 0 bridgehead atoms. The van der Waals surface area contributed by atoms with E-state index in [4.69, 9.17) is 0 Å². The Morgan fingerprint density at radius 3 is 1.21 bits per heavy atom. The summed E-state index contributed by atoms with van der Waals surface area (Å²) in [6.07, 6.45) is 3.88. The van der Waals surface area contributed by atoms with Gasteiger partial charge in [-0.2, -0.15) is 0 Å². The zero-order valence-corrected chi connectivity index (χ0v) is 18.5. The average Bonchev–Trinajstić information content (AvgIpc) is 3.45. The van der Waals surface area contributed by atoms with Gasteiger partial charge in [0.2, 0.25) is 0 Å². The van der Waals surface area contributed by atoms with Crippen LogP contribution in [0.25, 0.3) is 0 Å². The predicted octanol–water partition coefficient (Wildman–Crippen LogP) is 8.54. The van der Waals surface area contributed by atoms with Crippen molar-refractivity contribution in [1.29, 1.82) is 0 Å². The Morgan fingerprint density at radius 1 is 0.586 bits per heavy atom. The topological polar surface area (TPSA) is 0 Å². The minimum Gasteiger partial charge on any atom is -0.0776 e. The highest BCUT2D eigenvalue weighted by Gasteiger charge is 2.38. The van der Waals surface area contributed by atoms with E-state index in [9.17, 15) is 0 Å². The second-order valence-corrected chi connectivity index (χ2v) is 8.42. The minimum atomic E-state index is 0. The van der Waals surface area contributed by atoms with E-state index in [1.807, 2.05) is 0 Å². The first-order valence-corrected chi connectivity index (χ1v) is 10.5. The van der Waals surface area contributed by atoms with Crippen LogP contribution in [0, 0.1) is 27.7 Å². The molecule has 1 aliphatic carbocycles. The van der Waals surface area contributed by atoms with Gasteiger partial charge in [-0.25, -0.2) is 0 Å². The summed E-state index contributed by atoms with van der Waals surface area (Å²) >= 11 is 0. The summed E-state index contributed by atoms with van der Waals surface area (Å²) in [4.78, 5) is 0. The molecule has 0 atom stereocenters. The molecule has 1 aliphatic rings. The molecule has 0 heterocycles. The van der Waals surface area contributed by atoms with Gasteiger partial charge in [-0.3, -0.25) is 0 Å². The maximum Gasteiger partial charge on any atom is -0.00746 e. The second-order valence-electron chi connectivity index (χ2n) is 8.42. The highest BCUT2D eigenvalue weighted by molar-refractivity contribution is 5.32. The molecule has 1 saturated carbocycles. The highest BCUT2D eigenvalue weighted by atomic mass is 14.4. The fourth-order valence-electron chi connectivity index (χ4n) is 2.89. The number of hydrogen-bond acceptors (Lipinski definition) is 0. The highest BCUT2D eigenvalue weighted by Crippen LogP contribution is 2.47. The first-order chi connectivity index (χ1) is 13.3. The van der Waals surface area contributed by atoms with E-state index in [-0.39, 0.29) is 7.43 Å². The van der Waals surface area contributed by atoms with Gasteiger partial charge in [0, 0.05) is 0 Å². The van der Waals surface area contributed by atoms with Gasteiger partial charge < -0.3 is 0 Å². The Morgan fingerprint density at radius 2 is 0.897 bits per heavy atom. The lowest BCUT2D eigenvalue weighted by atomic mass is 9.98. The molecule has 0 aliphatic heterocycles. The Hall–Kier alpha value is -2.34. The SMILES string of the molecule is C.CCc1ccc(C)cc1.Cc1ccc(C)cc1.Cc1ccc(C2(C)CC2)cc1. The predicted molar refractivity (Wildman–Crippen MR) is 131 cm³/mol. The quantitative estimate of drug-likeness (QED) is 0.412. The molecule has 1 fully saturated rings. The van der Waals surface area contributed by atoms with Gasteiger partial charge in [0.05, 0.1) is 0 Å². The van der Waals surface area contributed by atoms with Crippen LogP contribution in [0.5, 0.6) is 0 Å². The summed E-state index contributed by atoms with van der Waals surface area (Å²) in [6.45, 7) is 13.0. The van der Waals surface area contributed by atoms with Crippen LogP contribution in [0.1, 0.15) is 67.5 Å². The molecule has 0 spiro atoms. The van der Waals surface area contributed by atoms with Crippen molar-refractivity contribution in [3.8, 4) is 0 Å². The number of aryl methyl sites for hydroxylation is 5. The normalized spacial score (nSPS) is 13.0. The molecule has 4 rings (SSSR count). The third kappa shape index (κ3) is 8.69. The molecule has 156 valence electrons. The van der Waals surface area contributed by atoms with Gasteiger partial charge in [-0.15, -0.1) is 0 Å². The van der Waals surface area contributed by atoms with Gasteiger partial charge in [-0.1, -0.05) is 116 Å². The van der Waals surface area contributed by atoms with Crippen LogP contribution in [-0.2, 0) is 11.8 Å². The first kappa shape index (κ1) is 24.7. The van der Waals surface area contributed by atoms with Crippen molar-refractivity contribution < 1.29 is 0 Å². The molecular weight excluding hydrogens is 348 g/mol. The van der Waals surface area contributed by atoms with Crippen molar-refractivity contribution in [2.75, 3.05) is 0 Å². The average molecular weight is 389 g/mol. The Kier molecular flexibility index (Phi) is 9.89. The van der Waals surface area contributed by atoms with Crippen LogP contribution in [0.15, 0.2) is 72.8 Å². The summed E-state index contributed by atoms with van der Waals surface area (Å²) in [5.41, 5.74) is 8.83. The van der Waals surface area contributed by atoms with Gasteiger partial charge in [0.1, 0.15) is 0 Å². The maximum atomic E-state index is 2.34. The molecule has 0 amide bonds. The molecule has 3 aromatic carbocycles. The Labute approximate surface area is 180 Å². The van der Waals surface area contributed by atoms with Crippen LogP contribution >= 0.6 is 0 Å². The molecule has 0 radical (unpaired) electrons. The monoisotopic (exact) mass is 388 g/mol. The van der Waals surface area contributed by atoms with Gasteiger partial charge in [0.15, 0.2) is 0 Å². The van der Waals surface area contributed by atoms with Crippen LogP contribution in [0.3, 0.4) is 0 Å². The van der Waals surface area contributed by atoms with Crippen LogP contribution < -0.4 is 0 Å². The summed E-state index contributed by atoms with van der Waals surface area (Å²) in [5.74, 6) is 0. The number of benzene rings is 3. The smallest absolute Gasteiger partial charge is 0.00746 e. The molecule has 0 heteroatoms. The van der Waals surface area contributed by atoms with Crippen molar-refractivity contribution in [2.45, 2.75) is 73.6 Å². The van der Waals surface area contributed by atoms with Crippen molar-refractivity contribution in [2.24, 2.45) is 0 Å². The fourth-order valence-corrected chi connectivity index (χ4v) is 2.89. The number of hydrogen-bond donors (Lipinski definition) is 0. The third-order valence-electron chi connectivity index (χ3n) is 5.50.